The standard InChI is InChI=1S/C23H28N4S2/c1-8-17(9-2)18-11-13(4)26-27-20(15(6)24-22(18)27)21-12(3)10-19(29-21)23-25-14(5)16(7)28-23/h10-11,17H,8-9H2,1-7H3. The molecule has 0 amide bonds. The molecule has 0 fully saturated rings. The summed E-state index contributed by atoms with van der Waals surface area (Å²) in [5.74, 6) is 0.509. The van der Waals surface area contributed by atoms with Gasteiger partial charge in [-0.3, -0.25) is 0 Å². The number of nitrogens with zero attached hydrogens (tertiary/aromatic N) is 4. The summed E-state index contributed by atoms with van der Waals surface area (Å²) in [6, 6.07) is 4.48. The van der Waals surface area contributed by atoms with Crippen molar-refractivity contribution in [2.45, 2.75) is 67.2 Å². The Kier molecular flexibility index (Phi) is 5.34. The quantitative estimate of drug-likeness (QED) is 0.345. The second-order valence-corrected chi connectivity index (χ2v) is 10.1. The molecule has 4 nitrogen and oxygen atoms in total. The van der Waals surface area contributed by atoms with E-state index in [0.29, 0.717) is 5.92 Å². The first kappa shape index (κ1) is 20.2. The van der Waals surface area contributed by atoms with Crippen molar-refractivity contribution in [2.75, 3.05) is 0 Å². The van der Waals surface area contributed by atoms with E-state index in [1.54, 1.807) is 22.7 Å². The minimum Gasteiger partial charge on any atom is -0.240 e. The highest BCUT2D eigenvalue weighted by molar-refractivity contribution is 7.23. The Bertz CT molecular complexity index is 1170. The molecule has 6 heteroatoms. The van der Waals surface area contributed by atoms with E-state index >= 15 is 0 Å². The third-order valence-electron chi connectivity index (χ3n) is 5.71. The van der Waals surface area contributed by atoms with Crippen LogP contribution in [0, 0.1) is 34.6 Å². The van der Waals surface area contributed by atoms with Crippen LogP contribution in [0.4, 0.5) is 0 Å². The van der Waals surface area contributed by atoms with Crippen LogP contribution >= 0.6 is 22.7 Å². The number of aryl methyl sites for hydroxylation is 5. The zero-order valence-corrected chi connectivity index (χ0v) is 19.9. The van der Waals surface area contributed by atoms with Gasteiger partial charge in [-0.25, -0.2) is 14.5 Å². The minimum atomic E-state index is 0.509. The van der Waals surface area contributed by atoms with Crippen LogP contribution in [-0.2, 0) is 0 Å². The maximum absolute atomic E-state index is 4.98. The van der Waals surface area contributed by atoms with Gasteiger partial charge in [-0.15, -0.1) is 22.7 Å². The van der Waals surface area contributed by atoms with Gasteiger partial charge in [0.1, 0.15) is 10.7 Å². The van der Waals surface area contributed by atoms with Crippen LogP contribution in [0.1, 0.15) is 65.7 Å². The summed E-state index contributed by atoms with van der Waals surface area (Å²) in [7, 11) is 0. The van der Waals surface area contributed by atoms with Crippen molar-refractivity contribution < 1.29 is 0 Å². The number of aromatic nitrogens is 4. The molecule has 0 saturated heterocycles. The lowest BCUT2D eigenvalue weighted by Gasteiger charge is -2.14. The van der Waals surface area contributed by atoms with Crippen LogP contribution in [0.5, 0.6) is 0 Å². The maximum atomic E-state index is 4.98. The van der Waals surface area contributed by atoms with E-state index in [4.69, 9.17) is 15.1 Å². The molecule has 0 aromatic carbocycles. The molecule has 4 rings (SSSR count). The molecule has 0 aliphatic rings. The van der Waals surface area contributed by atoms with E-state index in [-0.39, 0.29) is 0 Å². The Balaban J connectivity index is 1.92. The molecule has 0 aliphatic carbocycles. The highest BCUT2D eigenvalue weighted by Crippen LogP contribution is 2.41. The number of thiophene rings is 1. The van der Waals surface area contributed by atoms with E-state index < -0.39 is 0 Å². The first-order valence-electron chi connectivity index (χ1n) is 10.3. The van der Waals surface area contributed by atoms with Crippen LogP contribution in [-0.4, -0.2) is 19.6 Å². The largest absolute Gasteiger partial charge is 0.240 e. The van der Waals surface area contributed by atoms with E-state index in [0.717, 1.165) is 46.3 Å². The van der Waals surface area contributed by atoms with E-state index in [2.05, 4.69) is 65.1 Å². The van der Waals surface area contributed by atoms with Crippen molar-refractivity contribution in [1.82, 2.24) is 19.6 Å². The van der Waals surface area contributed by atoms with Crippen molar-refractivity contribution in [3.8, 4) is 20.5 Å². The van der Waals surface area contributed by atoms with Crippen molar-refractivity contribution in [2.24, 2.45) is 0 Å². The topological polar surface area (TPSA) is 43.1 Å². The van der Waals surface area contributed by atoms with Gasteiger partial charge in [0.25, 0.3) is 0 Å². The second-order valence-electron chi connectivity index (χ2n) is 7.82. The van der Waals surface area contributed by atoms with Crippen LogP contribution < -0.4 is 0 Å². The molecule has 152 valence electrons. The maximum Gasteiger partial charge on any atom is 0.158 e. The summed E-state index contributed by atoms with van der Waals surface area (Å²) in [4.78, 5) is 13.5. The average Bonchev–Trinajstić information content (AvgIpc) is 3.31. The molecule has 0 bridgehead atoms. The summed E-state index contributed by atoms with van der Waals surface area (Å²) < 4.78 is 2.08. The fourth-order valence-electron chi connectivity index (χ4n) is 3.97. The number of hydrogen-bond donors (Lipinski definition) is 0. The molecule has 0 spiro atoms. The van der Waals surface area contributed by atoms with Gasteiger partial charge in [-0.2, -0.15) is 5.10 Å². The SMILES string of the molecule is CCC(CC)c1cc(C)nn2c(-c3sc(-c4nc(C)c(C)s4)cc3C)c(C)nc12. The van der Waals surface area contributed by atoms with Crippen molar-refractivity contribution in [1.29, 1.82) is 0 Å². The van der Waals surface area contributed by atoms with Gasteiger partial charge in [0, 0.05) is 10.4 Å². The van der Waals surface area contributed by atoms with Crippen LogP contribution in [0.2, 0.25) is 0 Å². The first-order valence-corrected chi connectivity index (χ1v) is 11.9. The van der Waals surface area contributed by atoms with Gasteiger partial charge in [0.15, 0.2) is 5.65 Å². The molecular weight excluding hydrogens is 396 g/mol. The molecular formula is C23H28N4S2. The lowest BCUT2D eigenvalue weighted by Crippen LogP contribution is -2.05. The lowest BCUT2D eigenvalue weighted by molar-refractivity contribution is 0.638. The minimum absolute atomic E-state index is 0.509. The molecule has 0 unspecified atom stereocenters. The van der Waals surface area contributed by atoms with Crippen molar-refractivity contribution in [3.63, 3.8) is 0 Å². The average molecular weight is 425 g/mol. The molecule has 0 radical (unpaired) electrons. The van der Waals surface area contributed by atoms with E-state index in [1.807, 2.05) is 0 Å². The van der Waals surface area contributed by atoms with Gasteiger partial charge < -0.3 is 0 Å². The molecule has 4 aromatic rings. The Morgan fingerprint density at radius 3 is 2.28 bits per heavy atom. The van der Waals surface area contributed by atoms with Crippen molar-refractivity contribution in [3.05, 3.63) is 45.2 Å². The molecule has 0 saturated carbocycles. The molecule has 29 heavy (non-hydrogen) atoms. The van der Waals surface area contributed by atoms with Gasteiger partial charge in [0.2, 0.25) is 0 Å². The number of thiazole rings is 1. The van der Waals surface area contributed by atoms with Gasteiger partial charge in [0.05, 0.1) is 26.8 Å². The predicted molar refractivity (Wildman–Crippen MR) is 124 cm³/mol. The van der Waals surface area contributed by atoms with E-state index in [1.165, 1.54) is 25.8 Å². The number of fused-ring (bicyclic) bond motifs is 1. The molecule has 4 heterocycles. The fraction of sp³-hybridized carbons (Fsp3) is 0.435. The second kappa shape index (κ2) is 7.65. The first-order chi connectivity index (χ1) is 13.8. The van der Waals surface area contributed by atoms with Crippen molar-refractivity contribution >= 4 is 28.3 Å². The zero-order valence-electron chi connectivity index (χ0n) is 18.3. The Labute approximate surface area is 180 Å². The van der Waals surface area contributed by atoms with Crippen LogP contribution in [0.25, 0.3) is 26.1 Å². The van der Waals surface area contributed by atoms with Crippen LogP contribution in [0.15, 0.2) is 12.1 Å². The molecule has 0 aliphatic heterocycles. The summed E-state index contributed by atoms with van der Waals surface area (Å²) in [5.41, 5.74) is 7.90. The van der Waals surface area contributed by atoms with Gasteiger partial charge >= 0.3 is 0 Å². The monoisotopic (exact) mass is 424 g/mol. The summed E-state index contributed by atoms with van der Waals surface area (Å²) >= 11 is 3.57. The smallest absolute Gasteiger partial charge is 0.158 e. The zero-order chi connectivity index (χ0) is 20.9. The number of imidazole rings is 1. The number of hydrogen-bond acceptors (Lipinski definition) is 5. The Morgan fingerprint density at radius 2 is 1.66 bits per heavy atom. The normalized spacial score (nSPS) is 11.9. The number of rotatable bonds is 5. The third-order valence-corrected chi connectivity index (χ3v) is 8.19. The lowest BCUT2D eigenvalue weighted by atomic mass is 9.95. The Morgan fingerprint density at radius 1 is 0.931 bits per heavy atom. The third kappa shape index (κ3) is 3.42. The molecule has 4 aromatic heterocycles. The van der Waals surface area contributed by atoms with E-state index in [9.17, 15) is 0 Å². The summed E-state index contributed by atoms with van der Waals surface area (Å²) in [5, 5.41) is 5.98. The van der Waals surface area contributed by atoms with Gasteiger partial charge in [-0.05, 0) is 71.1 Å². The molecule has 0 N–H and O–H groups in total. The van der Waals surface area contributed by atoms with Crippen LogP contribution in [0.3, 0.4) is 0 Å². The highest BCUT2D eigenvalue weighted by atomic mass is 32.1. The molecule has 0 atom stereocenters. The highest BCUT2D eigenvalue weighted by Gasteiger charge is 2.22. The fourth-order valence-corrected chi connectivity index (χ4v) is 6.18. The summed E-state index contributed by atoms with van der Waals surface area (Å²) in [6.07, 6.45) is 2.23. The summed E-state index contributed by atoms with van der Waals surface area (Å²) in [6.45, 7) is 15.1. The predicted octanol–water partition coefficient (Wildman–Crippen LogP) is 7.03. The Hall–Kier alpha value is -2.05. The van der Waals surface area contributed by atoms with Gasteiger partial charge in [-0.1, -0.05) is 13.8 Å².